The van der Waals surface area contributed by atoms with Crippen LogP contribution in [0, 0.1) is 0 Å². The lowest BCUT2D eigenvalue weighted by Crippen LogP contribution is -2.08. The van der Waals surface area contributed by atoms with Gasteiger partial charge in [0, 0.05) is 17.5 Å². The molecule has 0 fully saturated rings. The molecule has 0 atom stereocenters. The van der Waals surface area contributed by atoms with Gasteiger partial charge in [0.1, 0.15) is 5.75 Å². The van der Waals surface area contributed by atoms with Gasteiger partial charge in [-0.2, -0.15) is 0 Å². The molecule has 0 saturated heterocycles. The topological polar surface area (TPSA) is 85.4 Å². The number of nitrogens with two attached hydrogens (primary N) is 1. The van der Waals surface area contributed by atoms with Crippen LogP contribution in [0.4, 0.5) is 0 Å². The van der Waals surface area contributed by atoms with E-state index in [0.29, 0.717) is 35.3 Å². The Labute approximate surface area is 117 Å². The second-order valence-corrected chi connectivity index (χ2v) is 4.85. The minimum atomic E-state index is -0.975. The van der Waals surface area contributed by atoms with Crippen molar-refractivity contribution in [2.45, 2.75) is 26.4 Å². The van der Waals surface area contributed by atoms with E-state index in [1.807, 2.05) is 13.8 Å². The van der Waals surface area contributed by atoms with Gasteiger partial charge in [-0.25, -0.2) is 4.79 Å². The molecule has 106 valence electrons. The van der Waals surface area contributed by atoms with E-state index < -0.39 is 5.97 Å². The Balaban J connectivity index is 2.58. The molecule has 0 bridgehead atoms. The Morgan fingerprint density at radius 3 is 2.75 bits per heavy atom. The molecule has 0 radical (unpaired) electrons. The van der Waals surface area contributed by atoms with Crippen molar-refractivity contribution in [2.75, 3.05) is 6.54 Å². The van der Waals surface area contributed by atoms with Crippen molar-refractivity contribution in [3.05, 3.63) is 35.5 Å². The van der Waals surface area contributed by atoms with Gasteiger partial charge in [-0.15, -0.1) is 0 Å². The summed E-state index contributed by atoms with van der Waals surface area (Å²) in [6.45, 7) is 4.28. The Kier molecular flexibility index (Phi) is 4.20. The lowest BCUT2D eigenvalue weighted by atomic mass is 10.1. The predicted octanol–water partition coefficient (Wildman–Crippen LogP) is 2.22. The molecule has 3 N–H and O–H groups in total. The zero-order valence-electron chi connectivity index (χ0n) is 11.6. The number of benzene rings is 1. The Morgan fingerprint density at radius 2 is 2.15 bits per heavy atom. The van der Waals surface area contributed by atoms with Crippen LogP contribution in [0.3, 0.4) is 0 Å². The van der Waals surface area contributed by atoms with Gasteiger partial charge in [-0.1, -0.05) is 0 Å². The summed E-state index contributed by atoms with van der Waals surface area (Å²) in [6.07, 6.45) is 0.589. The third kappa shape index (κ3) is 3.05. The molecule has 1 heterocycles. The summed E-state index contributed by atoms with van der Waals surface area (Å²) in [5, 5.41) is 9.93. The summed E-state index contributed by atoms with van der Waals surface area (Å²) in [7, 11) is 0. The molecule has 1 aromatic heterocycles. The summed E-state index contributed by atoms with van der Waals surface area (Å²) in [4.78, 5) is 15.8. The predicted molar refractivity (Wildman–Crippen MR) is 77.2 cm³/mol. The van der Waals surface area contributed by atoms with Gasteiger partial charge < -0.3 is 15.6 Å². The summed E-state index contributed by atoms with van der Waals surface area (Å²) >= 11 is 0. The molecule has 5 heteroatoms. The molecule has 20 heavy (non-hydrogen) atoms. The van der Waals surface area contributed by atoms with Crippen molar-refractivity contribution in [2.24, 2.45) is 5.73 Å². The molecule has 0 aliphatic heterocycles. The summed E-state index contributed by atoms with van der Waals surface area (Å²) < 4.78 is 5.59. The number of carbonyl (C=O) groups is 1. The minimum Gasteiger partial charge on any atom is -0.491 e. The zero-order chi connectivity index (χ0) is 14.7. The maximum atomic E-state index is 11.4. The van der Waals surface area contributed by atoms with Crippen LogP contribution < -0.4 is 10.5 Å². The Hall–Kier alpha value is -2.14. The first-order valence-electron chi connectivity index (χ1n) is 6.55. The molecular formula is C15H18N2O3. The molecule has 2 rings (SSSR count). The van der Waals surface area contributed by atoms with Crippen molar-refractivity contribution in [1.29, 1.82) is 0 Å². The van der Waals surface area contributed by atoms with E-state index in [4.69, 9.17) is 10.5 Å². The number of hydrogen-bond acceptors (Lipinski definition) is 4. The van der Waals surface area contributed by atoms with Gasteiger partial charge in [0.15, 0.2) is 0 Å². The molecular weight excluding hydrogens is 256 g/mol. The number of carboxylic acids is 1. The number of ether oxygens (including phenoxy) is 1. The first-order valence-corrected chi connectivity index (χ1v) is 6.55. The van der Waals surface area contributed by atoms with E-state index in [1.165, 1.54) is 0 Å². The first kappa shape index (κ1) is 14.3. The van der Waals surface area contributed by atoms with Crippen LogP contribution >= 0.6 is 0 Å². The summed E-state index contributed by atoms with van der Waals surface area (Å²) in [5.41, 5.74) is 7.06. The number of pyridine rings is 1. The maximum Gasteiger partial charge on any atom is 0.336 e. The highest BCUT2D eigenvalue weighted by molar-refractivity contribution is 6.03. The summed E-state index contributed by atoms with van der Waals surface area (Å²) in [6, 6.07) is 6.88. The molecule has 5 nitrogen and oxygen atoms in total. The molecule has 0 saturated carbocycles. The van der Waals surface area contributed by atoms with E-state index in [1.54, 1.807) is 24.3 Å². The Morgan fingerprint density at radius 1 is 1.40 bits per heavy atom. The van der Waals surface area contributed by atoms with Crippen LogP contribution in [-0.4, -0.2) is 28.7 Å². The largest absolute Gasteiger partial charge is 0.491 e. The molecule has 2 aromatic rings. The average molecular weight is 274 g/mol. The number of nitrogens with zero attached hydrogens (tertiary/aromatic N) is 1. The lowest BCUT2D eigenvalue weighted by Gasteiger charge is -2.12. The highest BCUT2D eigenvalue weighted by atomic mass is 16.5. The second kappa shape index (κ2) is 5.88. The molecule has 0 aliphatic rings. The molecule has 0 spiro atoms. The van der Waals surface area contributed by atoms with Crippen molar-refractivity contribution >= 4 is 16.9 Å². The number of hydrogen-bond donors (Lipinski definition) is 2. The normalized spacial score (nSPS) is 11.0. The van der Waals surface area contributed by atoms with E-state index in [-0.39, 0.29) is 11.7 Å². The van der Waals surface area contributed by atoms with Crippen LogP contribution in [0.5, 0.6) is 5.75 Å². The lowest BCUT2D eigenvalue weighted by molar-refractivity contribution is 0.0699. The van der Waals surface area contributed by atoms with E-state index in [2.05, 4.69) is 4.98 Å². The first-order chi connectivity index (χ1) is 9.51. The van der Waals surface area contributed by atoms with Crippen LogP contribution in [0.15, 0.2) is 24.3 Å². The zero-order valence-corrected chi connectivity index (χ0v) is 11.6. The van der Waals surface area contributed by atoms with Gasteiger partial charge in [0.25, 0.3) is 0 Å². The fourth-order valence-corrected chi connectivity index (χ4v) is 2.06. The van der Waals surface area contributed by atoms with Crippen LogP contribution in [0.2, 0.25) is 0 Å². The summed E-state index contributed by atoms with van der Waals surface area (Å²) in [5.74, 6) is -0.333. The smallest absolute Gasteiger partial charge is 0.336 e. The van der Waals surface area contributed by atoms with E-state index >= 15 is 0 Å². The van der Waals surface area contributed by atoms with Crippen molar-refractivity contribution < 1.29 is 14.6 Å². The van der Waals surface area contributed by atoms with Crippen LogP contribution in [-0.2, 0) is 6.42 Å². The van der Waals surface area contributed by atoms with Crippen LogP contribution in [0.1, 0.15) is 29.9 Å². The fourth-order valence-electron chi connectivity index (χ4n) is 2.06. The van der Waals surface area contributed by atoms with Crippen LogP contribution in [0.25, 0.3) is 10.9 Å². The van der Waals surface area contributed by atoms with Crippen molar-refractivity contribution in [3.63, 3.8) is 0 Å². The third-order valence-electron chi connectivity index (χ3n) is 2.84. The van der Waals surface area contributed by atoms with Gasteiger partial charge in [0.2, 0.25) is 0 Å². The van der Waals surface area contributed by atoms with Gasteiger partial charge in [-0.3, -0.25) is 4.98 Å². The standard InChI is InChI=1S/C15H18N2O3/c1-9(2)20-11-3-4-14-12(8-11)13(15(18)19)7-10(17-14)5-6-16/h3-4,7-9H,5-6,16H2,1-2H3,(H,18,19). The SMILES string of the molecule is CC(C)Oc1ccc2nc(CCN)cc(C(=O)O)c2c1. The van der Waals surface area contributed by atoms with Crippen molar-refractivity contribution in [1.82, 2.24) is 4.98 Å². The van der Waals surface area contributed by atoms with Gasteiger partial charge in [0.05, 0.1) is 17.2 Å². The molecule has 0 amide bonds. The van der Waals surface area contributed by atoms with E-state index in [9.17, 15) is 9.90 Å². The average Bonchev–Trinajstić information content (AvgIpc) is 2.37. The number of fused-ring (bicyclic) bond motifs is 1. The van der Waals surface area contributed by atoms with Crippen molar-refractivity contribution in [3.8, 4) is 5.75 Å². The quantitative estimate of drug-likeness (QED) is 0.873. The minimum absolute atomic E-state index is 0.0326. The maximum absolute atomic E-state index is 11.4. The number of carboxylic acid groups (broad SMARTS) is 1. The monoisotopic (exact) mass is 274 g/mol. The number of aromatic nitrogens is 1. The number of rotatable bonds is 5. The van der Waals surface area contributed by atoms with Gasteiger partial charge >= 0.3 is 5.97 Å². The fraction of sp³-hybridized carbons (Fsp3) is 0.333. The highest BCUT2D eigenvalue weighted by Crippen LogP contribution is 2.24. The molecule has 0 unspecified atom stereocenters. The second-order valence-electron chi connectivity index (χ2n) is 4.85. The van der Waals surface area contributed by atoms with E-state index in [0.717, 1.165) is 0 Å². The highest BCUT2D eigenvalue weighted by Gasteiger charge is 2.13. The number of aromatic carboxylic acids is 1. The third-order valence-corrected chi connectivity index (χ3v) is 2.84. The Bertz CT molecular complexity index is 638. The van der Waals surface area contributed by atoms with Gasteiger partial charge in [-0.05, 0) is 44.7 Å². The molecule has 1 aromatic carbocycles. The molecule has 0 aliphatic carbocycles.